The number of pyridine rings is 1. The minimum Gasteiger partial charge on any atom is -0.463 e. The monoisotopic (exact) mass is 1170 g/mol. The van der Waals surface area contributed by atoms with Crippen LogP contribution in [-0.4, -0.2) is 176 Å². The summed E-state index contributed by atoms with van der Waals surface area (Å²) in [5.74, 6) is -0.388. The SMILES string of the molecule is CCc1c(-c2cc(C3CCCCN(C4CC4)CC3)cnc2[C@H](C)OC)n2c3cc(c(F)cc13)-c1csc(n1)C[C@H]1/C(=[N+]3/CCC[C@H](N3)C(=O)OCC(C)(C)C2)N1C(=O)[C@H](C1CCCC1)N(C)C(=O)C1(F)CCN(C(=O)[C@H]2[C@@H](C3CC3)N2C)CC1. The zero-order valence-electron chi connectivity index (χ0n) is 50.5. The number of benzene rings is 1. The number of amides is 3. The maximum Gasteiger partial charge on any atom is 0.333 e. The summed E-state index contributed by atoms with van der Waals surface area (Å²) in [5, 5.41) is 3.40. The molecule has 9 aliphatic rings. The molecule has 1 N–H and O–H groups in total. The van der Waals surface area contributed by atoms with Crippen molar-refractivity contribution in [1.82, 2.24) is 44.5 Å². The number of nitrogens with one attached hydrogen (secondary N) is 1. The van der Waals surface area contributed by atoms with E-state index in [0.717, 1.165) is 104 Å². The highest BCUT2D eigenvalue weighted by atomic mass is 32.1. The minimum atomic E-state index is -2.23. The van der Waals surface area contributed by atoms with Gasteiger partial charge in [0.2, 0.25) is 11.9 Å². The molecule has 84 heavy (non-hydrogen) atoms. The molecule has 452 valence electrons. The summed E-state index contributed by atoms with van der Waals surface area (Å²) in [4.78, 5) is 78.4. The van der Waals surface area contributed by atoms with E-state index in [-0.39, 0.29) is 80.2 Å². The first-order valence-corrected chi connectivity index (χ1v) is 32.8. The van der Waals surface area contributed by atoms with E-state index in [9.17, 15) is 14.4 Å². The summed E-state index contributed by atoms with van der Waals surface area (Å²) in [5.41, 5.74) is 7.30. The number of nitrogens with zero attached hydrogens (tertiary/aromatic N) is 9. The Balaban J connectivity index is 0.835. The molecule has 9 heterocycles. The van der Waals surface area contributed by atoms with Gasteiger partial charge in [-0.25, -0.2) is 28.8 Å². The fraction of sp³-hybridized carbons (Fsp3) is 0.677. The van der Waals surface area contributed by atoms with Crippen LogP contribution in [0.3, 0.4) is 0 Å². The molecule has 5 saturated heterocycles. The number of piperidine rings is 1. The van der Waals surface area contributed by atoms with Gasteiger partial charge in [-0.15, -0.1) is 11.3 Å². The van der Waals surface area contributed by atoms with E-state index in [1.165, 1.54) is 47.6 Å². The maximum atomic E-state index is 17.3. The number of carbonyl (C=O) groups is 4. The number of rotatable bonds is 12. The topological polar surface area (TPSA) is 148 Å². The van der Waals surface area contributed by atoms with Crippen LogP contribution in [0.2, 0.25) is 0 Å². The summed E-state index contributed by atoms with van der Waals surface area (Å²) in [6.45, 7) is 12.0. The molecule has 6 bridgehead atoms. The van der Waals surface area contributed by atoms with Gasteiger partial charge in [0.05, 0.1) is 41.2 Å². The van der Waals surface area contributed by atoms with E-state index in [2.05, 4.69) is 52.8 Å². The number of alkyl halides is 1. The molecule has 0 spiro atoms. The van der Waals surface area contributed by atoms with Gasteiger partial charge in [-0.1, -0.05) is 40.0 Å². The Hall–Kier alpha value is -5.37. The number of esters is 1. The van der Waals surface area contributed by atoms with Crippen molar-refractivity contribution in [2.24, 2.45) is 17.3 Å². The number of thiazole rings is 1. The maximum absolute atomic E-state index is 17.3. The molecule has 8 atom stereocenters. The number of halogens is 2. The molecule has 13 rings (SSSR count). The van der Waals surface area contributed by atoms with Crippen LogP contribution in [-0.2, 0) is 48.0 Å². The number of amidine groups is 1. The molecule has 16 nitrogen and oxygen atoms in total. The molecule has 4 aromatic rings. The predicted octanol–water partition coefficient (Wildman–Crippen LogP) is 9.21. The third-order valence-corrected chi connectivity index (χ3v) is 21.7. The first-order valence-electron chi connectivity index (χ1n) is 31.9. The highest BCUT2D eigenvalue weighted by Gasteiger charge is 2.64. The third kappa shape index (κ3) is 10.9. The number of hydrazone groups is 1. The lowest BCUT2D eigenvalue weighted by Crippen LogP contribution is -2.58. The molecule has 1 aromatic carbocycles. The molecule has 3 aromatic heterocycles. The Bertz CT molecular complexity index is 3250. The smallest absolute Gasteiger partial charge is 0.333 e. The predicted molar refractivity (Wildman–Crippen MR) is 318 cm³/mol. The molecule has 6 aliphatic heterocycles. The number of aryl methyl sites for hydroxylation is 1. The van der Waals surface area contributed by atoms with Crippen molar-refractivity contribution < 1.29 is 42.1 Å². The van der Waals surface area contributed by atoms with Crippen LogP contribution in [0.5, 0.6) is 0 Å². The highest BCUT2D eigenvalue weighted by molar-refractivity contribution is 7.10. The minimum absolute atomic E-state index is 0.0195. The first kappa shape index (κ1) is 57.7. The molecular formula is C65H87F2N10O6S+. The van der Waals surface area contributed by atoms with Gasteiger partial charge in [0.1, 0.15) is 24.4 Å². The van der Waals surface area contributed by atoms with Gasteiger partial charge in [0.15, 0.2) is 11.7 Å². The number of methoxy groups -OCH3 is 1. The molecule has 0 radical (unpaired) electrons. The van der Waals surface area contributed by atoms with E-state index in [1.54, 1.807) is 30.0 Å². The van der Waals surface area contributed by atoms with Crippen molar-refractivity contribution in [3.05, 3.63) is 57.4 Å². The van der Waals surface area contributed by atoms with Crippen molar-refractivity contribution in [3.8, 4) is 22.5 Å². The number of ether oxygens (including phenoxy) is 2. The molecule has 2 unspecified atom stereocenters. The van der Waals surface area contributed by atoms with Gasteiger partial charge < -0.3 is 28.7 Å². The van der Waals surface area contributed by atoms with Crippen molar-refractivity contribution in [3.63, 3.8) is 0 Å². The molecule has 19 heteroatoms. The first-order chi connectivity index (χ1) is 40.4. The third-order valence-electron chi connectivity index (χ3n) is 20.8. The van der Waals surface area contributed by atoms with Gasteiger partial charge in [0, 0.05) is 97.7 Å². The summed E-state index contributed by atoms with van der Waals surface area (Å²) in [7, 11) is 5.27. The fourth-order valence-corrected chi connectivity index (χ4v) is 16.4. The van der Waals surface area contributed by atoms with Crippen molar-refractivity contribution in [2.45, 2.75) is 204 Å². The van der Waals surface area contributed by atoms with Crippen LogP contribution < -0.4 is 5.43 Å². The number of aromatic nitrogens is 3. The molecule has 3 amide bonds. The molecule has 8 fully saturated rings. The number of likely N-dealkylation sites (N-methyl/N-ethyl adjacent to an activating group) is 2. The number of hydrogen-bond acceptors (Lipinski definition) is 12. The number of fused-ring (bicyclic) bond motifs is 7. The van der Waals surface area contributed by atoms with E-state index < -0.39 is 35.1 Å². The second-order valence-electron chi connectivity index (χ2n) is 27.2. The van der Waals surface area contributed by atoms with Gasteiger partial charge in [0.25, 0.3) is 5.91 Å². The summed E-state index contributed by atoms with van der Waals surface area (Å²) in [6.07, 6.45) is 16.2. The summed E-state index contributed by atoms with van der Waals surface area (Å²) >= 11 is 1.42. The Labute approximate surface area is 497 Å². The standard InChI is InChI=1S/C65H87F2N10O6S/c1-8-44-45-31-48(66)46-32-51(45)75(57(44)47-30-42(34-68-54(47)38(2)82-7)39-14-11-12-25-73(27-22-39)43-20-21-43)36-64(3,4)37-83-62(80)49-17-13-26-76(70-49)59-52(33-53-69-50(46)35-84-53)77(59)61(79)56(40-15-9-10-16-40)72(6)63(81)65(67)23-28-74(29-24-65)60(78)58-55(71(58)5)41-18-19-41/h30-32,34-35,38-41,43,49,52,55-56,58,70H,8-29,33,36-37H2,1-7H3/q+1/t38-,39?,49-,52-,55+,56-,58+,71?/m0/s1. The largest absolute Gasteiger partial charge is 0.463 e. The second-order valence-corrected chi connectivity index (χ2v) is 28.2. The van der Waals surface area contributed by atoms with E-state index in [1.807, 2.05) is 30.1 Å². The summed E-state index contributed by atoms with van der Waals surface area (Å²) in [6, 6.07) is 4.64. The van der Waals surface area contributed by atoms with Crippen molar-refractivity contribution >= 4 is 51.8 Å². The van der Waals surface area contributed by atoms with Crippen LogP contribution in [0.4, 0.5) is 8.78 Å². The Morgan fingerprint density at radius 3 is 2.45 bits per heavy atom. The molecule has 3 aliphatic carbocycles. The quantitative estimate of drug-likeness (QED) is 0.0823. The Kier molecular flexibility index (Phi) is 15.6. The van der Waals surface area contributed by atoms with Gasteiger partial charge in [-0.3, -0.25) is 19.5 Å². The fourth-order valence-electron chi connectivity index (χ4n) is 15.6. The average Bonchev–Trinajstić information content (AvgIpc) is 1.78. The second kappa shape index (κ2) is 22.7. The number of carbonyl (C=O) groups excluding carboxylic acids is 4. The Morgan fingerprint density at radius 1 is 0.964 bits per heavy atom. The zero-order valence-corrected chi connectivity index (χ0v) is 51.3. The zero-order chi connectivity index (χ0) is 58.5. The van der Waals surface area contributed by atoms with Crippen molar-refractivity contribution in [2.75, 3.05) is 60.5 Å². The lowest BCUT2D eigenvalue weighted by atomic mass is 9.87. The number of likely N-dealkylation sites (tertiary alicyclic amines) is 2. The lowest BCUT2D eigenvalue weighted by molar-refractivity contribution is -0.600. The summed E-state index contributed by atoms with van der Waals surface area (Å²) < 4.78 is 51.2. The average molecular weight is 1170 g/mol. The number of hydrogen-bond donors (Lipinski definition) is 1. The van der Waals surface area contributed by atoms with Crippen LogP contribution in [0.25, 0.3) is 33.4 Å². The molecular weight excluding hydrogens is 1090 g/mol. The van der Waals surface area contributed by atoms with Gasteiger partial charge >= 0.3 is 17.7 Å². The van der Waals surface area contributed by atoms with Crippen LogP contribution >= 0.6 is 11.3 Å². The van der Waals surface area contributed by atoms with Gasteiger partial charge in [-0.2, -0.15) is 9.58 Å². The van der Waals surface area contributed by atoms with E-state index in [4.69, 9.17) is 19.4 Å². The van der Waals surface area contributed by atoms with Crippen LogP contribution in [0.1, 0.15) is 164 Å². The van der Waals surface area contributed by atoms with Crippen LogP contribution in [0, 0.1) is 23.1 Å². The molecule has 3 saturated carbocycles. The lowest BCUT2D eigenvalue weighted by Gasteiger charge is -2.39. The van der Waals surface area contributed by atoms with E-state index in [0.29, 0.717) is 72.7 Å². The van der Waals surface area contributed by atoms with Crippen LogP contribution in [0.15, 0.2) is 29.8 Å². The number of cyclic esters (lactones) is 1. The number of hydrazine groups is 1. The van der Waals surface area contributed by atoms with Crippen molar-refractivity contribution in [1.29, 1.82) is 0 Å². The normalized spacial score (nSPS) is 29.0. The van der Waals surface area contributed by atoms with Gasteiger partial charge in [-0.05, 0) is 151 Å². The van der Waals surface area contributed by atoms with E-state index >= 15 is 13.6 Å². The highest BCUT2D eigenvalue weighted by Crippen LogP contribution is 2.48. The Morgan fingerprint density at radius 2 is 1.73 bits per heavy atom.